The Labute approximate surface area is 145 Å². The molecule has 0 spiro atoms. The van der Waals surface area contributed by atoms with E-state index in [1.165, 1.54) is 11.3 Å². The van der Waals surface area contributed by atoms with E-state index in [1.54, 1.807) is 11.6 Å². The van der Waals surface area contributed by atoms with Crippen molar-refractivity contribution in [1.82, 2.24) is 25.4 Å². The van der Waals surface area contributed by atoms with E-state index in [2.05, 4.69) is 20.7 Å². The zero-order valence-corrected chi connectivity index (χ0v) is 14.3. The number of hydrogen-bond donors (Lipinski definition) is 2. The number of halogens is 2. The van der Waals surface area contributed by atoms with Crippen molar-refractivity contribution >= 4 is 42.1 Å². The van der Waals surface area contributed by atoms with Gasteiger partial charge in [0.25, 0.3) is 5.91 Å². The molecule has 9 heteroatoms. The normalized spacial score (nSPS) is 17.2. The highest BCUT2D eigenvalue weighted by Gasteiger charge is 2.17. The number of piperidine rings is 1. The van der Waals surface area contributed by atoms with Crippen molar-refractivity contribution in [3.63, 3.8) is 0 Å². The Morgan fingerprint density at radius 2 is 2.36 bits per heavy atom. The van der Waals surface area contributed by atoms with E-state index < -0.39 is 0 Å². The second-order valence-electron chi connectivity index (χ2n) is 4.84. The first kappa shape index (κ1) is 18.9. The molecular formula is C13H19Cl2N5OS. The van der Waals surface area contributed by atoms with Gasteiger partial charge in [-0.25, -0.2) is 4.98 Å². The summed E-state index contributed by atoms with van der Waals surface area (Å²) in [7, 11) is 0. The minimum Gasteiger partial charge on any atom is -0.345 e. The summed E-state index contributed by atoms with van der Waals surface area (Å²) >= 11 is 1.52. The molecule has 2 aromatic heterocycles. The van der Waals surface area contributed by atoms with E-state index in [1.807, 2.05) is 16.3 Å². The minimum absolute atomic E-state index is 0. The molecule has 3 heterocycles. The Morgan fingerprint density at radius 3 is 3.05 bits per heavy atom. The third-order valence-electron chi connectivity index (χ3n) is 3.40. The number of carbonyl (C=O) groups is 1. The summed E-state index contributed by atoms with van der Waals surface area (Å²) in [5, 5.41) is 12.5. The van der Waals surface area contributed by atoms with Gasteiger partial charge in [-0.3, -0.25) is 9.48 Å². The third-order valence-corrected chi connectivity index (χ3v) is 4.03. The predicted octanol–water partition coefficient (Wildman–Crippen LogP) is 2.04. The zero-order chi connectivity index (χ0) is 13.8. The lowest BCUT2D eigenvalue weighted by molar-refractivity contribution is 0.0944. The first-order valence-corrected chi connectivity index (χ1v) is 7.68. The van der Waals surface area contributed by atoms with E-state index in [0.29, 0.717) is 18.3 Å². The van der Waals surface area contributed by atoms with E-state index in [4.69, 9.17) is 0 Å². The molecule has 22 heavy (non-hydrogen) atoms. The summed E-state index contributed by atoms with van der Waals surface area (Å²) in [5.74, 6) is -0.152. The fraction of sp³-hybridized carbons (Fsp3) is 0.462. The highest BCUT2D eigenvalue weighted by molar-refractivity contribution is 7.07. The molecular weight excluding hydrogens is 345 g/mol. The van der Waals surface area contributed by atoms with Gasteiger partial charge in [0.2, 0.25) is 0 Å². The summed E-state index contributed by atoms with van der Waals surface area (Å²) in [5.41, 5.74) is 3.09. The van der Waals surface area contributed by atoms with Gasteiger partial charge in [-0.2, -0.15) is 5.10 Å². The van der Waals surface area contributed by atoms with Crippen LogP contribution in [0.15, 0.2) is 23.2 Å². The molecule has 1 aliphatic rings. The van der Waals surface area contributed by atoms with Gasteiger partial charge in [-0.15, -0.1) is 36.2 Å². The topological polar surface area (TPSA) is 71.8 Å². The van der Waals surface area contributed by atoms with Crippen LogP contribution in [0.3, 0.4) is 0 Å². The van der Waals surface area contributed by atoms with Crippen molar-refractivity contribution in [2.24, 2.45) is 0 Å². The fourth-order valence-corrected chi connectivity index (χ4v) is 2.87. The summed E-state index contributed by atoms with van der Waals surface area (Å²) in [6, 6.07) is 2.12. The second kappa shape index (κ2) is 9.09. The van der Waals surface area contributed by atoms with Crippen LogP contribution in [0.5, 0.6) is 0 Å². The quantitative estimate of drug-likeness (QED) is 0.871. The van der Waals surface area contributed by atoms with E-state index >= 15 is 0 Å². The third kappa shape index (κ3) is 4.67. The van der Waals surface area contributed by atoms with Crippen LogP contribution in [0.1, 0.15) is 35.1 Å². The lowest BCUT2D eigenvalue weighted by Crippen LogP contribution is -2.32. The summed E-state index contributed by atoms with van der Waals surface area (Å²) < 4.78 is 1.89. The summed E-state index contributed by atoms with van der Waals surface area (Å²) in [6.45, 7) is 2.43. The predicted molar refractivity (Wildman–Crippen MR) is 91.1 cm³/mol. The van der Waals surface area contributed by atoms with E-state index in [-0.39, 0.29) is 30.7 Å². The van der Waals surface area contributed by atoms with Crippen LogP contribution in [-0.4, -0.2) is 33.8 Å². The van der Waals surface area contributed by atoms with Crippen molar-refractivity contribution in [3.8, 4) is 0 Å². The maximum atomic E-state index is 12.0. The minimum atomic E-state index is -0.152. The standard InChI is InChI=1S/C13H17N5OS.2ClH/c19-13(15-6-10-8-20-9-16-10)12-3-5-18(17-12)11-2-1-4-14-7-11;;/h3,5,8-9,11,14H,1-2,4,6-7H2,(H,15,19);2*1H. The molecule has 1 saturated heterocycles. The first-order chi connectivity index (χ1) is 9.83. The molecule has 0 aliphatic carbocycles. The van der Waals surface area contributed by atoms with Gasteiger partial charge in [-0.05, 0) is 25.5 Å². The number of thiazole rings is 1. The highest BCUT2D eigenvalue weighted by atomic mass is 35.5. The van der Waals surface area contributed by atoms with Crippen molar-refractivity contribution in [2.45, 2.75) is 25.4 Å². The molecule has 0 bridgehead atoms. The number of aromatic nitrogens is 3. The summed E-state index contributed by atoms with van der Waals surface area (Å²) in [4.78, 5) is 16.1. The van der Waals surface area contributed by atoms with Crippen LogP contribution < -0.4 is 10.6 Å². The molecule has 1 fully saturated rings. The van der Waals surface area contributed by atoms with Crippen molar-refractivity contribution in [2.75, 3.05) is 13.1 Å². The number of amides is 1. The number of carbonyl (C=O) groups excluding carboxylic acids is 1. The Hall–Kier alpha value is -1.15. The molecule has 0 radical (unpaired) electrons. The highest BCUT2D eigenvalue weighted by Crippen LogP contribution is 2.15. The maximum Gasteiger partial charge on any atom is 0.272 e. The second-order valence-corrected chi connectivity index (χ2v) is 5.56. The van der Waals surface area contributed by atoms with E-state index in [0.717, 1.165) is 31.6 Å². The van der Waals surface area contributed by atoms with Crippen molar-refractivity contribution in [3.05, 3.63) is 34.5 Å². The molecule has 0 aromatic carbocycles. The van der Waals surface area contributed by atoms with Crippen LogP contribution in [0.25, 0.3) is 0 Å². The Kier molecular flexibility index (Phi) is 7.81. The molecule has 122 valence electrons. The fourth-order valence-electron chi connectivity index (χ4n) is 2.31. The number of hydrogen-bond acceptors (Lipinski definition) is 5. The first-order valence-electron chi connectivity index (χ1n) is 6.74. The van der Waals surface area contributed by atoms with Gasteiger partial charge in [-0.1, -0.05) is 0 Å². The van der Waals surface area contributed by atoms with Crippen LogP contribution in [0.4, 0.5) is 0 Å². The molecule has 2 aromatic rings. The summed E-state index contributed by atoms with van der Waals surface area (Å²) in [6.07, 6.45) is 4.14. The number of rotatable bonds is 4. The SMILES string of the molecule is Cl.Cl.O=C(NCc1cscn1)c1ccn(C2CCCNC2)n1. The molecule has 1 amide bonds. The van der Waals surface area contributed by atoms with Gasteiger partial charge in [0.05, 0.1) is 23.8 Å². The Bertz CT molecular complexity index is 569. The van der Waals surface area contributed by atoms with Crippen LogP contribution in [0.2, 0.25) is 0 Å². The van der Waals surface area contributed by atoms with Crippen LogP contribution in [-0.2, 0) is 6.54 Å². The number of nitrogens with zero attached hydrogens (tertiary/aromatic N) is 3. The molecule has 1 atom stereocenters. The average molecular weight is 364 g/mol. The molecule has 1 aliphatic heterocycles. The lowest BCUT2D eigenvalue weighted by atomic mass is 10.1. The smallest absolute Gasteiger partial charge is 0.272 e. The molecule has 6 nitrogen and oxygen atoms in total. The van der Waals surface area contributed by atoms with E-state index in [9.17, 15) is 4.79 Å². The zero-order valence-electron chi connectivity index (χ0n) is 11.9. The molecule has 1 unspecified atom stereocenters. The maximum absolute atomic E-state index is 12.0. The Balaban J connectivity index is 0.00000121. The lowest BCUT2D eigenvalue weighted by Gasteiger charge is -2.22. The monoisotopic (exact) mass is 363 g/mol. The largest absolute Gasteiger partial charge is 0.345 e. The van der Waals surface area contributed by atoms with Crippen molar-refractivity contribution in [1.29, 1.82) is 0 Å². The van der Waals surface area contributed by atoms with Crippen LogP contribution >= 0.6 is 36.2 Å². The molecule has 0 saturated carbocycles. The average Bonchev–Trinajstić information content (AvgIpc) is 3.17. The Morgan fingerprint density at radius 1 is 1.50 bits per heavy atom. The number of nitrogens with one attached hydrogen (secondary N) is 2. The molecule has 2 N–H and O–H groups in total. The van der Waals surface area contributed by atoms with Gasteiger partial charge in [0, 0.05) is 18.1 Å². The van der Waals surface area contributed by atoms with Gasteiger partial charge < -0.3 is 10.6 Å². The van der Waals surface area contributed by atoms with Gasteiger partial charge in [0.1, 0.15) is 5.69 Å². The van der Waals surface area contributed by atoms with Crippen molar-refractivity contribution < 1.29 is 4.79 Å². The van der Waals surface area contributed by atoms with Gasteiger partial charge >= 0.3 is 0 Å². The van der Waals surface area contributed by atoms with Crippen LogP contribution in [0, 0.1) is 0 Å². The molecule has 3 rings (SSSR count). The van der Waals surface area contributed by atoms with Gasteiger partial charge in [0.15, 0.2) is 0 Å².